The number of carbonyl (C=O) groups excluding carboxylic acids is 1. The van der Waals surface area contributed by atoms with E-state index in [-0.39, 0.29) is 0 Å². The lowest BCUT2D eigenvalue weighted by Crippen LogP contribution is -1.95. The molecule has 0 unspecified atom stereocenters. The van der Waals surface area contributed by atoms with Gasteiger partial charge in [0.25, 0.3) is 0 Å². The standard InChI is InChI=1S/C9H14O/c1-7(2)9(6-10)5-8-3-4-8/h5-8H,3-4H2,1-2H3/b9-5-. The Kier molecular flexibility index (Phi) is 2.25. The van der Waals surface area contributed by atoms with Crippen LogP contribution in [0.3, 0.4) is 0 Å². The lowest BCUT2D eigenvalue weighted by Gasteiger charge is -2.01. The fourth-order valence-corrected chi connectivity index (χ4v) is 0.903. The molecule has 0 aromatic carbocycles. The molecular weight excluding hydrogens is 124 g/mol. The molecule has 1 heteroatoms. The second-order valence-electron chi connectivity index (χ2n) is 3.28. The summed E-state index contributed by atoms with van der Waals surface area (Å²) >= 11 is 0. The molecule has 0 aliphatic heterocycles. The molecule has 0 spiro atoms. The van der Waals surface area contributed by atoms with Crippen molar-refractivity contribution in [3.8, 4) is 0 Å². The van der Waals surface area contributed by atoms with E-state index in [1.165, 1.54) is 12.8 Å². The minimum Gasteiger partial charge on any atom is -0.298 e. The average Bonchev–Trinajstić information content (AvgIpc) is 2.64. The summed E-state index contributed by atoms with van der Waals surface area (Å²) in [6.07, 6.45) is 5.68. The molecule has 56 valence electrons. The minimum absolute atomic E-state index is 0.401. The molecule has 1 aliphatic carbocycles. The van der Waals surface area contributed by atoms with Crippen LogP contribution < -0.4 is 0 Å². The van der Waals surface area contributed by atoms with Gasteiger partial charge in [-0.1, -0.05) is 19.9 Å². The molecule has 0 amide bonds. The number of rotatable bonds is 3. The highest BCUT2D eigenvalue weighted by Crippen LogP contribution is 2.32. The van der Waals surface area contributed by atoms with Gasteiger partial charge in [0.05, 0.1) is 0 Å². The van der Waals surface area contributed by atoms with Gasteiger partial charge in [0.2, 0.25) is 0 Å². The van der Waals surface area contributed by atoms with Crippen molar-refractivity contribution < 1.29 is 4.79 Å². The summed E-state index contributed by atoms with van der Waals surface area (Å²) in [7, 11) is 0. The van der Waals surface area contributed by atoms with E-state index in [1.54, 1.807) is 0 Å². The first-order chi connectivity index (χ1) is 4.74. The van der Waals surface area contributed by atoms with Gasteiger partial charge in [-0.05, 0) is 30.3 Å². The molecule has 0 radical (unpaired) electrons. The molecule has 0 aromatic rings. The predicted molar refractivity (Wildman–Crippen MR) is 41.7 cm³/mol. The highest BCUT2D eigenvalue weighted by atomic mass is 16.1. The van der Waals surface area contributed by atoms with Crippen LogP contribution in [0.1, 0.15) is 26.7 Å². The van der Waals surface area contributed by atoms with Gasteiger partial charge in [-0.2, -0.15) is 0 Å². The maximum Gasteiger partial charge on any atom is 0.145 e. The summed E-state index contributed by atoms with van der Waals surface area (Å²) in [5, 5.41) is 0. The van der Waals surface area contributed by atoms with Crippen molar-refractivity contribution in [3.05, 3.63) is 11.6 Å². The molecule has 1 fully saturated rings. The Morgan fingerprint density at radius 3 is 2.40 bits per heavy atom. The van der Waals surface area contributed by atoms with Crippen LogP contribution in [-0.4, -0.2) is 6.29 Å². The van der Waals surface area contributed by atoms with E-state index in [1.807, 2.05) is 0 Å². The highest BCUT2D eigenvalue weighted by Gasteiger charge is 2.19. The predicted octanol–water partition coefficient (Wildman–Crippen LogP) is 2.18. The van der Waals surface area contributed by atoms with Crippen molar-refractivity contribution in [1.82, 2.24) is 0 Å². The lowest BCUT2D eigenvalue weighted by molar-refractivity contribution is -0.105. The second kappa shape index (κ2) is 3.00. The first-order valence-corrected chi connectivity index (χ1v) is 3.91. The topological polar surface area (TPSA) is 17.1 Å². The molecule has 0 saturated heterocycles. The molecule has 1 saturated carbocycles. The van der Waals surface area contributed by atoms with Crippen molar-refractivity contribution in [3.63, 3.8) is 0 Å². The Bertz CT molecular complexity index is 152. The Morgan fingerprint density at radius 2 is 2.10 bits per heavy atom. The Balaban J connectivity index is 2.52. The zero-order chi connectivity index (χ0) is 7.56. The minimum atomic E-state index is 0.401. The summed E-state index contributed by atoms with van der Waals surface area (Å²) in [4.78, 5) is 10.4. The van der Waals surface area contributed by atoms with Crippen LogP contribution in [0.25, 0.3) is 0 Å². The molecule has 1 aliphatic rings. The molecule has 0 aromatic heterocycles. The fourth-order valence-electron chi connectivity index (χ4n) is 0.903. The molecule has 1 rings (SSSR count). The summed E-state index contributed by atoms with van der Waals surface area (Å²) in [5.74, 6) is 1.13. The fraction of sp³-hybridized carbons (Fsp3) is 0.667. The third-order valence-corrected chi connectivity index (χ3v) is 1.85. The van der Waals surface area contributed by atoms with E-state index in [2.05, 4.69) is 19.9 Å². The van der Waals surface area contributed by atoms with Gasteiger partial charge >= 0.3 is 0 Å². The van der Waals surface area contributed by atoms with Gasteiger partial charge in [-0.25, -0.2) is 0 Å². The highest BCUT2D eigenvalue weighted by molar-refractivity contribution is 5.73. The summed E-state index contributed by atoms with van der Waals surface area (Å²) in [6, 6.07) is 0. The molecular formula is C9H14O. The number of hydrogen-bond donors (Lipinski definition) is 0. The van der Waals surface area contributed by atoms with Crippen molar-refractivity contribution in [2.45, 2.75) is 26.7 Å². The van der Waals surface area contributed by atoms with E-state index < -0.39 is 0 Å². The summed E-state index contributed by atoms with van der Waals surface area (Å²) in [5.41, 5.74) is 0.975. The number of carbonyl (C=O) groups is 1. The normalized spacial score (nSPS) is 19.7. The van der Waals surface area contributed by atoms with Crippen LogP contribution in [0.15, 0.2) is 11.6 Å². The van der Waals surface area contributed by atoms with E-state index in [0.29, 0.717) is 5.92 Å². The summed E-state index contributed by atoms with van der Waals surface area (Å²) < 4.78 is 0. The van der Waals surface area contributed by atoms with Crippen LogP contribution in [0.4, 0.5) is 0 Å². The molecule has 0 atom stereocenters. The smallest absolute Gasteiger partial charge is 0.145 e. The molecule has 1 nitrogen and oxygen atoms in total. The van der Waals surface area contributed by atoms with Crippen molar-refractivity contribution in [1.29, 1.82) is 0 Å². The van der Waals surface area contributed by atoms with Gasteiger partial charge in [0.1, 0.15) is 6.29 Å². The third kappa shape index (κ3) is 1.98. The van der Waals surface area contributed by atoms with Gasteiger partial charge in [0, 0.05) is 0 Å². The van der Waals surface area contributed by atoms with Crippen LogP contribution >= 0.6 is 0 Å². The molecule has 0 heterocycles. The first-order valence-electron chi connectivity index (χ1n) is 3.91. The number of hydrogen-bond acceptors (Lipinski definition) is 1. The van der Waals surface area contributed by atoms with Gasteiger partial charge < -0.3 is 0 Å². The van der Waals surface area contributed by atoms with E-state index in [0.717, 1.165) is 17.8 Å². The third-order valence-electron chi connectivity index (χ3n) is 1.85. The molecule has 0 N–H and O–H groups in total. The van der Waals surface area contributed by atoms with Crippen molar-refractivity contribution >= 4 is 6.29 Å². The van der Waals surface area contributed by atoms with Crippen molar-refractivity contribution in [2.75, 3.05) is 0 Å². The van der Waals surface area contributed by atoms with Crippen LogP contribution in [0.5, 0.6) is 0 Å². The van der Waals surface area contributed by atoms with E-state index >= 15 is 0 Å². The van der Waals surface area contributed by atoms with Gasteiger partial charge in [-0.15, -0.1) is 0 Å². The number of aldehydes is 1. The largest absolute Gasteiger partial charge is 0.298 e. The monoisotopic (exact) mass is 138 g/mol. The Morgan fingerprint density at radius 1 is 1.50 bits per heavy atom. The zero-order valence-electron chi connectivity index (χ0n) is 6.63. The Labute approximate surface area is 62.1 Å². The van der Waals surface area contributed by atoms with Crippen LogP contribution in [0, 0.1) is 11.8 Å². The average molecular weight is 138 g/mol. The van der Waals surface area contributed by atoms with Crippen molar-refractivity contribution in [2.24, 2.45) is 11.8 Å². The number of allylic oxidation sites excluding steroid dienone is 2. The zero-order valence-corrected chi connectivity index (χ0v) is 6.63. The maximum absolute atomic E-state index is 10.4. The lowest BCUT2D eigenvalue weighted by atomic mass is 10.0. The molecule has 0 bridgehead atoms. The first kappa shape index (κ1) is 7.52. The second-order valence-corrected chi connectivity index (χ2v) is 3.28. The maximum atomic E-state index is 10.4. The van der Waals surface area contributed by atoms with E-state index in [9.17, 15) is 4.79 Å². The molecule has 10 heavy (non-hydrogen) atoms. The Hall–Kier alpha value is -0.590. The summed E-state index contributed by atoms with van der Waals surface area (Å²) in [6.45, 7) is 4.12. The SMILES string of the molecule is CC(C)/C(C=O)=C\C1CC1. The van der Waals surface area contributed by atoms with Gasteiger partial charge in [0.15, 0.2) is 0 Å². The quantitative estimate of drug-likeness (QED) is 0.431. The van der Waals surface area contributed by atoms with Crippen LogP contribution in [-0.2, 0) is 4.79 Å². The van der Waals surface area contributed by atoms with Gasteiger partial charge in [-0.3, -0.25) is 4.79 Å². The van der Waals surface area contributed by atoms with E-state index in [4.69, 9.17) is 0 Å². The van der Waals surface area contributed by atoms with Crippen LogP contribution in [0.2, 0.25) is 0 Å².